The summed E-state index contributed by atoms with van der Waals surface area (Å²) in [5, 5.41) is 0. The summed E-state index contributed by atoms with van der Waals surface area (Å²) in [6.45, 7) is 7.18. The molecule has 0 spiro atoms. The summed E-state index contributed by atoms with van der Waals surface area (Å²) in [5.74, 6) is 0. The fourth-order valence-electron chi connectivity index (χ4n) is 2.11. The van der Waals surface area contributed by atoms with Crippen molar-refractivity contribution in [2.75, 3.05) is 0 Å². The van der Waals surface area contributed by atoms with Crippen molar-refractivity contribution in [3.05, 3.63) is 0 Å². The third-order valence-corrected chi connectivity index (χ3v) is 6.45. The molecule has 0 nitrogen and oxygen atoms in total. The van der Waals surface area contributed by atoms with E-state index in [9.17, 15) is 0 Å². The van der Waals surface area contributed by atoms with Crippen LogP contribution in [-0.4, -0.2) is 20.4 Å². The first-order chi connectivity index (χ1) is 5.58. The van der Waals surface area contributed by atoms with Crippen molar-refractivity contribution in [1.82, 2.24) is 0 Å². The van der Waals surface area contributed by atoms with Gasteiger partial charge in [-0.2, -0.15) is 0 Å². The average molecular weight is 179 g/mol. The highest BCUT2D eigenvalue weighted by Gasteiger charge is 2.19. The van der Waals surface area contributed by atoms with E-state index in [-0.39, 0.29) is 20.4 Å². The summed E-state index contributed by atoms with van der Waals surface area (Å²) in [7, 11) is 0. The minimum Gasteiger partial charge on any atom is -0.141 e. The molecule has 68 valence electrons. The smallest absolute Gasteiger partial charge is 0.141 e. The SMILES string of the molecule is CC(C)(C)[CH2][Mg][CH]1CCCCC1. The van der Waals surface area contributed by atoms with Gasteiger partial charge in [-0.15, -0.1) is 8.60 Å². The maximum absolute atomic E-state index is 2.39. The fraction of sp³-hybridized carbons (Fsp3) is 1.00. The van der Waals surface area contributed by atoms with Crippen LogP contribution in [0.1, 0.15) is 52.9 Å². The molecule has 0 aromatic rings. The average Bonchev–Trinajstić information content (AvgIpc) is 2.02. The second-order valence-corrected chi connectivity index (χ2v) is 7.84. The van der Waals surface area contributed by atoms with Crippen LogP contribution in [0.25, 0.3) is 0 Å². The maximum atomic E-state index is 2.39. The van der Waals surface area contributed by atoms with Crippen molar-refractivity contribution >= 4 is 20.4 Å². The van der Waals surface area contributed by atoms with Crippen LogP contribution in [0.5, 0.6) is 0 Å². The topological polar surface area (TPSA) is 0 Å². The van der Waals surface area contributed by atoms with Gasteiger partial charge < -0.3 is 0 Å². The Morgan fingerprint density at radius 3 is 2.17 bits per heavy atom. The second kappa shape index (κ2) is 4.85. The van der Waals surface area contributed by atoms with Crippen molar-refractivity contribution in [2.45, 2.75) is 61.5 Å². The van der Waals surface area contributed by atoms with Gasteiger partial charge in [0.05, 0.1) is 0 Å². The lowest BCUT2D eigenvalue weighted by Crippen LogP contribution is -2.15. The van der Waals surface area contributed by atoms with Crippen LogP contribution < -0.4 is 0 Å². The summed E-state index contributed by atoms with van der Waals surface area (Å²) >= 11 is 0.261. The first kappa shape index (κ1) is 10.8. The molecule has 0 aromatic heterocycles. The van der Waals surface area contributed by atoms with Gasteiger partial charge in [0.25, 0.3) is 0 Å². The lowest BCUT2D eigenvalue weighted by atomic mass is 9.99. The lowest BCUT2D eigenvalue weighted by Gasteiger charge is -2.25. The standard InChI is InChI=1S/C6H11.C5H11.Mg/c1-2-4-6-5-3-1;1-5(2,3)4;/h1H,2-6H2;1H2,2-4H3;. The summed E-state index contributed by atoms with van der Waals surface area (Å²) < 4.78 is 2.76. The zero-order valence-corrected chi connectivity index (χ0v) is 10.4. The fourth-order valence-corrected chi connectivity index (χ4v) is 4.54. The number of hydrogen-bond donors (Lipinski definition) is 0. The van der Waals surface area contributed by atoms with E-state index < -0.39 is 0 Å². The Bertz CT molecular complexity index is 117. The second-order valence-electron chi connectivity index (χ2n) is 5.60. The van der Waals surface area contributed by atoms with Crippen LogP contribution in [0.3, 0.4) is 0 Å². The quantitative estimate of drug-likeness (QED) is 0.563. The van der Waals surface area contributed by atoms with E-state index in [2.05, 4.69) is 20.8 Å². The largest absolute Gasteiger partial charge is 0.369 e. The molecule has 0 atom stereocenters. The van der Waals surface area contributed by atoms with Crippen LogP contribution in [0, 0.1) is 5.41 Å². The Hall–Kier alpha value is 0.766. The molecule has 0 bridgehead atoms. The molecule has 0 radical (unpaired) electrons. The Balaban J connectivity index is 2.13. The van der Waals surface area contributed by atoms with Crippen molar-refractivity contribution in [3.8, 4) is 0 Å². The third kappa shape index (κ3) is 4.71. The summed E-state index contributed by atoms with van der Waals surface area (Å²) in [6, 6.07) is 0. The molecule has 0 N–H and O–H groups in total. The van der Waals surface area contributed by atoms with Crippen LogP contribution in [0.4, 0.5) is 0 Å². The molecule has 1 aliphatic carbocycles. The Kier molecular flexibility index (Phi) is 4.38. The minimum atomic E-state index is 0.261. The van der Waals surface area contributed by atoms with Gasteiger partial charge in [-0.1, -0.05) is 58.3 Å². The van der Waals surface area contributed by atoms with Gasteiger partial charge in [0, 0.05) is 0 Å². The molecule has 1 saturated carbocycles. The Labute approximate surface area is 87.2 Å². The molecule has 0 aliphatic heterocycles. The molecular weight excluding hydrogens is 156 g/mol. The van der Waals surface area contributed by atoms with E-state index in [1.54, 1.807) is 17.4 Å². The van der Waals surface area contributed by atoms with E-state index in [1.165, 1.54) is 23.3 Å². The van der Waals surface area contributed by atoms with Crippen LogP contribution in [0.2, 0.25) is 8.60 Å². The summed E-state index contributed by atoms with van der Waals surface area (Å²) in [5.41, 5.74) is 0.615. The Morgan fingerprint density at radius 1 is 1.08 bits per heavy atom. The monoisotopic (exact) mass is 178 g/mol. The molecule has 1 aliphatic rings. The molecule has 1 heteroatoms. The molecule has 1 rings (SSSR count). The molecule has 0 heterocycles. The van der Waals surface area contributed by atoms with Crippen LogP contribution in [0.15, 0.2) is 0 Å². The van der Waals surface area contributed by atoms with Crippen LogP contribution in [-0.2, 0) is 0 Å². The predicted octanol–water partition coefficient (Wildman–Crippen LogP) is 3.91. The van der Waals surface area contributed by atoms with Gasteiger partial charge in [-0.25, -0.2) is 0 Å². The normalized spacial score (nSPS) is 20.6. The number of hydrogen-bond acceptors (Lipinski definition) is 0. The van der Waals surface area contributed by atoms with E-state index in [0.717, 1.165) is 0 Å². The Morgan fingerprint density at radius 2 is 1.67 bits per heavy atom. The van der Waals surface area contributed by atoms with E-state index in [0.29, 0.717) is 5.41 Å². The maximum Gasteiger partial charge on any atom is 0.369 e. The van der Waals surface area contributed by atoms with Gasteiger partial charge in [-0.05, 0) is 0 Å². The minimum absolute atomic E-state index is 0.261. The molecule has 0 unspecified atom stereocenters. The van der Waals surface area contributed by atoms with Crippen molar-refractivity contribution in [2.24, 2.45) is 5.41 Å². The highest BCUT2D eigenvalue weighted by molar-refractivity contribution is 6.37. The molecule has 0 saturated heterocycles. The molecule has 0 aromatic carbocycles. The zero-order chi connectivity index (χ0) is 9.03. The van der Waals surface area contributed by atoms with Gasteiger partial charge in [0.1, 0.15) is 0 Å². The molecule has 0 amide bonds. The van der Waals surface area contributed by atoms with E-state index in [1.807, 2.05) is 0 Å². The van der Waals surface area contributed by atoms with E-state index >= 15 is 0 Å². The predicted molar refractivity (Wildman–Crippen MR) is 56.9 cm³/mol. The first-order valence-corrected chi connectivity index (χ1v) is 7.39. The van der Waals surface area contributed by atoms with E-state index in [4.69, 9.17) is 0 Å². The van der Waals surface area contributed by atoms with Crippen molar-refractivity contribution in [3.63, 3.8) is 0 Å². The van der Waals surface area contributed by atoms with Crippen molar-refractivity contribution in [1.29, 1.82) is 0 Å². The third-order valence-electron chi connectivity index (χ3n) is 3.03. The van der Waals surface area contributed by atoms with Gasteiger partial charge in [0.15, 0.2) is 0 Å². The van der Waals surface area contributed by atoms with Gasteiger partial charge in [0.2, 0.25) is 0 Å². The lowest BCUT2D eigenvalue weighted by molar-refractivity contribution is 0.452. The molecular formula is C11H22Mg. The highest BCUT2D eigenvalue weighted by atomic mass is 24.5. The zero-order valence-electron chi connectivity index (χ0n) is 9.03. The first-order valence-electron chi connectivity index (χ1n) is 5.58. The highest BCUT2D eigenvalue weighted by Crippen LogP contribution is 2.31. The summed E-state index contributed by atoms with van der Waals surface area (Å²) in [4.78, 5) is 0. The van der Waals surface area contributed by atoms with Gasteiger partial charge >= 0.3 is 20.4 Å². The molecule has 12 heavy (non-hydrogen) atoms. The summed E-state index contributed by atoms with van der Waals surface area (Å²) in [6.07, 6.45) is 7.72. The van der Waals surface area contributed by atoms with Crippen LogP contribution >= 0.6 is 0 Å². The van der Waals surface area contributed by atoms with Gasteiger partial charge in [-0.3, -0.25) is 0 Å². The van der Waals surface area contributed by atoms with Crippen molar-refractivity contribution < 1.29 is 0 Å². The number of rotatable bonds is 2. The molecule has 1 fully saturated rings.